The monoisotopic (exact) mass is 469 g/mol. The lowest BCUT2D eigenvalue weighted by Gasteiger charge is -2.38. The summed E-state index contributed by atoms with van der Waals surface area (Å²) < 4.78 is 5.53. The molecule has 3 aromatic rings. The molecule has 0 saturated heterocycles. The fourth-order valence-electron chi connectivity index (χ4n) is 5.08. The topological polar surface area (TPSA) is 53.1 Å². The zero-order chi connectivity index (χ0) is 24.4. The van der Waals surface area contributed by atoms with E-state index in [9.17, 15) is 9.59 Å². The molecule has 2 aliphatic rings. The first-order valence-corrected chi connectivity index (χ1v) is 12.1. The molecule has 0 bridgehead atoms. The zero-order valence-corrected chi connectivity index (χ0v) is 20.3. The largest absolute Gasteiger partial charge is 0.415 e. The molecule has 0 saturated carbocycles. The number of hydrogen-bond donors (Lipinski definition) is 0. The average Bonchev–Trinajstić information content (AvgIpc) is 2.87. The van der Waals surface area contributed by atoms with Crippen LogP contribution >= 0.6 is 0 Å². The van der Waals surface area contributed by atoms with Crippen LogP contribution in [0.3, 0.4) is 0 Å². The van der Waals surface area contributed by atoms with E-state index in [1.54, 1.807) is 17.0 Å². The molecule has 0 fully saturated rings. The number of benzene rings is 3. The van der Waals surface area contributed by atoms with Crippen molar-refractivity contribution in [2.45, 2.75) is 32.0 Å². The number of fused-ring (bicyclic) bond motifs is 2. The Morgan fingerprint density at radius 2 is 1.63 bits per heavy atom. The van der Waals surface area contributed by atoms with E-state index in [4.69, 9.17) is 4.74 Å². The molecule has 0 aliphatic carbocycles. The lowest BCUT2D eigenvalue weighted by molar-refractivity contribution is 0.0606. The molecule has 0 spiro atoms. The number of ether oxygens (including phenoxy) is 1. The van der Waals surface area contributed by atoms with E-state index >= 15 is 0 Å². The highest BCUT2D eigenvalue weighted by Crippen LogP contribution is 2.27. The molecule has 2 heterocycles. The minimum Gasteiger partial charge on any atom is -0.410 e. The standard InChI is InChI=1S/C29H31N3O3/c1-30(2)20-26-17-22-8-6-7-9-24(22)19-32(26)28(33)23-13-12-21-14-15-31(18-25(21)16-23)29(34)35-27-10-4-3-5-11-27/h3-13,16,26H,14-15,17-20H2,1-2H3/t26-/m0/s1. The molecule has 2 aliphatic heterocycles. The molecular formula is C29H31N3O3. The highest BCUT2D eigenvalue weighted by atomic mass is 16.6. The maximum atomic E-state index is 13.7. The van der Waals surface area contributed by atoms with Gasteiger partial charge in [-0.15, -0.1) is 0 Å². The first-order valence-electron chi connectivity index (χ1n) is 12.1. The fraction of sp³-hybridized carbons (Fsp3) is 0.310. The minimum absolute atomic E-state index is 0.0399. The fourth-order valence-corrected chi connectivity index (χ4v) is 5.08. The molecule has 0 radical (unpaired) electrons. The predicted octanol–water partition coefficient (Wildman–Crippen LogP) is 4.37. The summed E-state index contributed by atoms with van der Waals surface area (Å²) in [6.45, 7) is 2.45. The van der Waals surface area contributed by atoms with Gasteiger partial charge in [0.05, 0.1) is 0 Å². The predicted molar refractivity (Wildman–Crippen MR) is 135 cm³/mol. The van der Waals surface area contributed by atoms with E-state index in [-0.39, 0.29) is 18.0 Å². The molecule has 6 nitrogen and oxygen atoms in total. The average molecular weight is 470 g/mol. The Bertz CT molecular complexity index is 1220. The Morgan fingerprint density at radius 1 is 0.886 bits per heavy atom. The summed E-state index contributed by atoms with van der Waals surface area (Å²) in [5.74, 6) is 0.572. The summed E-state index contributed by atoms with van der Waals surface area (Å²) >= 11 is 0. The van der Waals surface area contributed by atoms with Crippen molar-refractivity contribution in [3.05, 3.63) is 101 Å². The molecule has 3 aromatic carbocycles. The summed E-state index contributed by atoms with van der Waals surface area (Å²) in [6.07, 6.45) is 1.23. The molecule has 0 aromatic heterocycles. The summed E-state index contributed by atoms with van der Waals surface area (Å²) in [5.41, 5.74) is 5.39. The van der Waals surface area contributed by atoms with Crippen molar-refractivity contribution in [2.24, 2.45) is 0 Å². The lowest BCUT2D eigenvalue weighted by atomic mass is 9.92. The third-order valence-electron chi connectivity index (χ3n) is 6.86. The highest BCUT2D eigenvalue weighted by molar-refractivity contribution is 5.95. The van der Waals surface area contributed by atoms with Crippen molar-refractivity contribution in [2.75, 3.05) is 27.2 Å². The quantitative estimate of drug-likeness (QED) is 0.569. The van der Waals surface area contributed by atoms with Gasteiger partial charge in [0, 0.05) is 37.8 Å². The third kappa shape index (κ3) is 5.08. The van der Waals surface area contributed by atoms with Crippen LogP contribution < -0.4 is 4.74 Å². The molecule has 5 rings (SSSR count). The van der Waals surface area contributed by atoms with E-state index in [1.165, 1.54) is 16.7 Å². The molecule has 2 amide bonds. The normalized spacial score (nSPS) is 17.1. The van der Waals surface area contributed by atoms with Crippen LogP contribution in [0.5, 0.6) is 5.75 Å². The summed E-state index contributed by atoms with van der Waals surface area (Å²) in [4.78, 5) is 32.3. The maximum Gasteiger partial charge on any atom is 0.415 e. The maximum absolute atomic E-state index is 13.7. The van der Waals surface area contributed by atoms with Gasteiger partial charge < -0.3 is 19.4 Å². The van der Waals surface area contributed by atoms with Crippen LogP contribution in [-0.2, 0) is 25.9 Å². The second kappa shape index (κ2) is 9.92. The molecule has 180 valence electrons. The van der Waals surface area contributed by atoms with E-state index in [0.29, 0.717) is 30.9 Å². The Kier molecular flexibility index (Phi) is 6.55. The first-order chi connectivity index (χ1) is 17.0. The molecule has 6 heteroatoms. The van der Waals surface area contributed by atoms with Gasteiger partial charge in [0.15, 0.2) is 0 Å². The van der Waals surface area contributed by atoms with Crippen LogP contribution in [-0.4, -0.2) is 59.9 Å². The van der Waals surface area contributed by atoms with Crippen molar-refractivity contribution in [3.8, 4) is 5.75 Å². The van der Waals surface area contributed by atoms with Crippen LogP contribution in [0.25, 0.3) is 0 Å². The number of carbonyl (C=O) groups excluding carboxylic acids is 2. The van der Waals surface area contributed by atoms with E-state index in [1.807, 2.05) is 61.5 Å². The molecule has 1 atom stereocenters. The summed E-state index contributed by atoms with van der Waals surface area (Å²) in [6, 6.07) is 23.6. The molecular weight excluding hydrogens is 438 g/mol. The first kappa shape index (κ1) is 23.1. The van der Waals surface area contributed by atoms with Crippen molar-refractivity contribution >= 4 is 12.0 Å². The number of nitrogens with zero attached hydrogens (tertiary/aromatic N) is 3. The van der Waals surface area contributed by atoms with Gasteiger partial charge in [-0.1, -0.05) is 48.5 Å². The second-order valence-electron chi connectivity index (χ2n) is 9.66. The van der Waals surface area contributed by atoms with E-state index < -0.39 is 0 Å². The van der Waals surface area contributed by atoms with E-state index in [2.05, 4.69) is 23.1 Å². The van der Waals surface area contributed by atoms with Gasteiger partial charge >= 0.3 is 6.09 Å². The van der Waals surface area contributed by atoms with Crippen molar-refractivity contribution in [3.63, 3.8) is 0 Å². The Balaban J connectivity index is 1.35. The number of rotatable bonds is 4. The molecule has 35 heavy (non-hydrogen) atoms. The van der Waals surface area contributed by atoms with Gasteiger partial charge in [-0.3, -0.25) is 4.79 Å². The number of likely N-dealkylation sites (N-methyl/N-ethyl adjacent to an activating group) is 1. The van der Waals surface area contributed by atoms with Gasteiger partial charge in [-0.2, -0.15) is 0 Å². The van der Waals surface area contributed by atoms with Crippen LogP contribution in [0.1, 0.15) is 32.6 Å². The van der Waals surface area contributed by atoms with Crippen molar-refractivity contribution in [1.82, 2.24) is 14.7 Å². The second-order valence-corrected chi connectivity index (χ2v) is 9.66. The van der Waals surface area contributed by atoms with Crippen LogP contribution in [0, 0.1) is 0 Å². The number of carbonyl (C=O) groups is 2. The van der Waals surface area contributed by atoms with Crippen LogP contribution in [0.2, 0.25) is 0 Å². The van der Waals surface area contributed by atoms with Crippen molar-refractivity contribution < 1.29 is 14.3 Å². The summed E-state index contributed by atoms with van der Waals surface area (Å²) in [5, 5.41) is 0. The van der Waals surface area contributed by atoms with Crippen LogP contribution in [0.4, 0.5) is 4.79 Å². The van der Waals surface area contributed by atoms with Gasteiger partial charge in [0.1, 0.15) is 5.75 Å². The minimum atomic E-state index is -0.364. The Hall–Kier alpha value is -3.64. The van der Waals surface area contributed by atoms with Gasteiger partial charge in [-0.05, 0) is 73.5 Å². The SMILES string of the molecule is CN(C)C[C@@H]1Cc2ccccc2CN1C(=O)c1ccc2c(c1)CN(C(=O)Oc1ccccc1)CC2. The highest BCUT2D eigenvalue weighted by Gasteiger charge is 2.31. The third-order valence-corrected chi connectivity index (χ3v) is 6.86. The number of hydrogen-bond acceptors (Lipinski definition) is 4. The zero-order valence-electron chi connectivity index (χ0n) is 20.3. The van der Waals surface area contributed by atoms with Crippen LogP contribution in [0.15, 0.2) is 72.8 Å². The van der Waals surface area contributed by atoms with Gasteiger partial charge in [0.25, 0.3) is 5.91 Å². The smallest absolute Gasteiger partial charge is 0.410 e. The number of para-hydroxylation sites is 1. The van der Waals surface area contributed by atoms with Crippen molar-refractivity contribution in [1.29, 1.82) is 0 Å². The van der Waals surface area contributed by atoms with Gasteiger partial charge in [-0.25, -0.2) is 4.79 Å². The van der Waals surface area contributed by atoms with Gasteiger partial charge in [0.2, 0.25) is 0 Å². The Labute approximate surface area is 206 Å². The number of amides is 2. The Morgan fingerprint density at radius 3 is 2.40 bits per heavy atom. The molecule has 0 unspecified atom stereocenters. The summed E-state index contributed by atoms with van der Waals surface area (Å²) in [7, 11) is 4.09. The molecule has 0 N–H and O–H groups in total. The lowest BCUT2D eigenvalue weighted by Crippen LogP contribution is -2.49. The van der Waals surface area contributed by atoms with E-state index in [0.717, 1.165) is 24.9 Å².